The number of rotatable bonds is 6. The molecule has 0 atom stereocenters. The Kier molecular flexibility index (Phi) is 4.71. The summed E-state index contributed by atoms with van der Waals surface area (Å²) in [6, 6.07) is 9.48. The first-order valence-corrected chi connectivity index (χ1v) is 6.44. The zero-order valence-corrected chi connectivity index (χ0v) is 11.3. The lowest BCUT2D eigenvalue weighted by Crippen LogP contribution is -2.12. The summed E-state index contributed by atoms with van der Waals surface area (Å²) in [6.45, 7) is 4.92. The van der Waals surface area contributed by atoms with Gasteiger partial charge in [0.1, 0.15) is 6.61 Å². The highest BCUT2D eigenvalue weighted by Crippen LogP contribution is 2.21. The van der Waals surface area contributed by atoms with E-state index in [9.17, 15) is 5.11 Å². The summed E-state index contributed by atoms with van der Waals surface area (Å²) < 4.78 is 11.0. The molecule has 0 aliphatic heterocycles. The smallest absolute Gasteiger partial charge is 0.214 e. The number of para-hydroxylation sites is 1. The van der Waals surface area contributed by atoms with Crippen molar-refractivity contribution in [2.24, 2.45) is 0 Å². The Morgan fingerprint density at radius 3 is 2.74 bits per heavy atom. The van der Waals surface area contributed by atoms with Crippen LogP contribution in [-0.2, 0) is 11.3 Å². The third-order valence-electron chi connectivity index (χ3n) is 2.73. The van der Waals surface area contributed by atoms with E-state index in [0.29, 0.717) is 19.1 Å². The molecule has 102 valence electrons. The highest BCUT2D eigenvalue weighted by molar-refractivity contribution is 5.82. The predicted molar refractivity (Wildman–Crippen MR) is 74.2 cm³/mol. The fraction of sp³-hybridized carbons (Fsp3) is 0.400. The molecule has 2 rings (SSSR count). The average Bonchev–Trinajstić information content (AvgIpc) is 2.42. The van der Waals surface area contributed by atoms with Crippen molar-refractivity contribution in [3.8, 4) is 5.88 Å². The van der Waals surface area contributed by atoms with Gasteiger partial charge in [-0.25, -0.2) is 4.98 Å². The quantitative estimate of drug-likeness (QED) is 0.812. The minimum Gasteiger partial charge on any atom is -0.475 e. The number of aliphatic hydroxyl groups is 1. The maximum atomic E-state index is 9.40. The van der Waals surface area contributed by atoms with Gasteiger partial charge in [-0.15, -0.1) is 0 Å². The van der Waals surface area contributed by atoms with Crippen molar-refractivity contribution >= 4 is 10.9 Å². The summed E-state index contributed by atoms with van der Waals surface area (Å²) in [4.78, 5) is 4.41. The Morgan fingerprint density at radius 1 is 1.21 bits per heavy atom. The molecule has 19 heavy (non-hydrogen) atoms. The zero-order valence-electron chi connectivity index (χ0n) is 11.3. The zero-order chi connectivity index (χ0) is 13.7. The summed E-state index contributed by atoms with van der Waals surface area (Å²) in [7, 11) is 0. The van der Waals surface area contributed by atoms with E-state index in [1.807, 2.05) is 38.1 Å². The van der Waals surface area contributed by atoms with Crippen LogP contribution < -0.4 is 4.74 Å². The van der Waals surface area contributed by atoms with Crippen molar-refractivity contribution in [1.82, 2.24) is 4.98 Å². The molecule has 4 heteroatoms. The fourth-order valence-electron chi connectivity index (χ4n) is 1.86. The van der Waals surface area contributed by atoms with Gasteiger partial charge in [0.25, 0.3) is 0 Å². The van der Waals surface area contributed by atoms with E-state index in [1.54, 1.807) is 6.07 Å². The SMILES string of the molecule is CC(C)OCCOc1cc(CO)c2ccccc2n1. The van der Waals surface area contributed by atoms with E-state index in [-0.39, 0.29) is 12.7 Å². The van der Waals surface area contributed by atoms with Gasteiger partial charge < -0.3 is 14.6 Å². The van der Waals surface area contributed by atoms with Crippen molar-refractivity contribution in [3.05, 3.63) is 35.9 Å². The highest BCUT2D eigenvalue weighted by atomic mass is 16.5. The molecule has 0 unspecified atom stereocenters. The Bertz CT molecular complexity index is 540. The Balaban J connectivity index is 2.11. The summed E-state index contributed by atoms with van der Waals surface area (Å²) in [5.74, 6) is 0.523. The molecule has 0 saturated carbocycles. The lowest BCUT2D eigenvalue weighted by Gasteiger charge is -2.10. The molecule has 0 radical (unpaired) electrons. The van der Waals surface area contributed by atoms with Crippen molar-refractivity contribution in [3.63, 3.8) is 0 Å². The number of aromatic nitrogens is 1. The van der Waals surface area contributed by atoms with Crippen LogP contribution in [0.25, 0.3) is 10.9 Å². The van der Waals surface area contributed by atoms with Crippen molar-refractivity contribution < 1.29 is 14.6 Å². The van der Waals surface area contributed by atoms with E-state index in [0.717, 1.165) is 16.5 Å². The van der Waals surface area contributed by atoms with Gasteiger partial charge in [-0.3, -0.25) is 0 Å². The third kappa shape index (κ3) is 3.66. The lowest BCUT2D eigenvalue weighted by molar-refractivity contribution is 0.0543. The molecule has 1 aromatic carbocycles. The molecule has 0 amide bonds. The van der Waals surface area contributed by atoms with E-state index in [4.69, 9.17) is 9.47 Å². The molecule has 1 heterocycles. The van der Waals surface area contributed by atoms with Crippen LogP contribution in [0.1, 0.15) is 19.4 Å². The van der Waals surface area contributed by atoms with E-state index in [1.165, 1.54) is 0 Å². The van der Waals surface area contributed by atoms with Crippen LogP contribution in [-0.4, -0.2) is 29.4 Å². The monoisotopic (exact) mass is 261 g/mol. The molecule has 0 aliphatic rings. The molecule has 0 saturated heterocycles. The van der Waals surface area contributed by atoms with Crippen LogP contribution in [0.2, 0.25) is 0 Å². The average molecular weight is 261 g/mol. The highest BCUT2D eigenvalue weighted by Gasteiger charge is 2.05. The molecule has 0 bridgehead atoms. The van der Waals surface area contributed by atoms with Gasteiger partial charge in [-0.1, -0.05) is 18.2 Å². The van der Waals surface area contributed by atoms with Crippen LogP contribution in [0.4, 0.5) is 0 Å². The second kappa shape index (κ2) is 6.50. The molecule has 1 N–H and O–H groups in total. The van der Waals surface area contributed by atoms with Crippen LogP contribution in [0.3, 0.4) is 0 Å². The van der Waals surface area contributed by atoms with Crippen molar-refractivity contribution in [2.75, 3.05) is 13.2 Å². The van der Waals surface area contributed by atoms with Gasteiger partial charge in [0.05, 0.1) is 24.8 Å². The van der Waals surface area contributed by atoms with Crippen molar-refractivity contribution in [2.45, 2.75) is 26.6 Å². The van der Waals surface area contributed by atoms with Crippen LogP contribution in [0.15, 0.2) is 30.3 Å². The lowest BCUT2D eigenvalue weighted by atomic mass is 10.1. The summed E-state index contributed by atoms with van der Waals surface area (Å²) >= 11 is 0. The first kappa shape index (κ1) is 13.8. The van der Waals surface area contributed by atoms with Gasteiger partial charge in [-0.2, -0.15) is 0 Å². The number of fused-ring (bicyclic) bond motifs is 1. The Morgan fingerprint density at radius 2 is 2.00 bits per heavy atom. The number of hydrogen-bond acceptors (Lipinski definition) is 4. The number of benzene rings is 1. The maximum Gasteiger partial charge on any atom is 0.214 e. The van der Waals surface area contributed by atoms with Crippen LogP contribution >= 0.6 is 0 Å². The maximum absolute atomic E-state index is 9.40. The van der Waals surface area contributed by atoms with Gasteiger partial charge in [-0.05, 0) is 25.5 Å². The van der Waals surface area contributed by atoms with Crippen molar-refractivity contribution in [1.29, 1.82) is 0 Å². The number of ether oxygens (including phenoxy) is 2. The third-order valence-corrected chi connectivity index (χ3v) is 2.73. The van der Waals surface area contributed by atoms with Crippen LogP contribution in [0, 0.1) is 0 Å². The molecule has 2 aromatic rings. The standard InChI is InChI=1S/C15H19NO3/c1-11(2)18-7-8-19-15-9-12(10-17)13-5-3-4-6-14(13)16-15/h3-6,9,11,17H,7-8,10H2,1-2H3. The minimum absolute atomic E-state index is 0.0259. The molecule has 4 nitrogen and oxygen atoms in total. The van der Waals surface area contributed by atoms with Gasteiger partial charge in [0, 0.05) is 11.5 Å². The van der Waals surface area contributed by atoms with E-state index < -0.39 is 0 Å². The predicted octanol–water partition coefficient (Wildman–Crippen LogP) is 2.53. The molecule has 1 aromatic heterocycles. The van der Waals surface area contributed by atoms with Crippen LogP contribution in [0.5, 0.6) is 5.88 Å². The largest absolute Gasteiger partial charge is 0.475 e. The number of nitrogens with zero attached hydrogens (tertiary/aromatic N) is 1. The number of pyridine rings is 1. The molecular weight excluding hydrogens is 242 g/mol. The normalized spacial score (nSPS) is 11.2. The van der Waals surface area contributed by atoms with E-state index in [2.05, 4.69) is 4.98 Å². The molecule has 0 aliphatic carbocycles. The minimum atomic E-state index is -0.0259. The fourth-order valence-corrected chi connectivity index (χ4v) is 1.86. The van der Waals surface area contributed by atoms with Gasteiger partial charge in [0.15, 0.2) is 0 Å². The molecular formula is C15H19NO3. The summed E-state index contributed by atoms with van der Waals surface area (Å²) in [5.41, 5.74) is 1.65. The Labute approximate surface area is 113 Å². The Hall–Kier alpha value is -1.65. The first-order chi connectivity index (χ1) is 9.20. The van der Waals surface area contributed by atoms with Gasteiger partial charge >= 0.3 is 0 Å². The summed E-state index contributed by atoms with van der Waals surface area (Å²) in [5, 5.41) is 10.4. The first-order valence-electron chi connectivity index (χ1n) is 6.44. The number of aliphatic hydroxyl groups excluding tert-OH is 1. The van der Waals surface area contributed by atoms with Gasteiger partial charge in [0.2, 0.25) is 5.88 Å². The summed E-state index contributed by atoms with van der Waals surface area (Å²) in [6.07, 6.45) is 0.196. The number of hydrogen-bond donors (Lipinski definition) is 1. The molecule has 0 spiro atoms. The topological polar surface area (TPSA) is 51.6 Å². The van der Waals surface area contributed by atoms with E-state index >= 15 is 0 Å². The second-order valence-electron chi connectivity index (χ2n) is 4.56. The second-order valence-corrected chi connectivity index (χ2v) is 4.56. The molecule has 0 fully saturated rings.